The molecule has 24 heavy (non-hydrogen) atoms. The summed E-state index contributed by atoms with van der Waals surface area (Å²) in [4.78, 5) is 4.08. The number of rotatable bonds is 3. The fourth-order valence-corrected chi connectivity index (χ4v) is 2.78. The van der Waals surface area contributed by atoms with Crippen molar-refractivity contribution in [3.63, 3.8) is 0 Å². The molecular weight excluding hydrogens is 367 g/mol. The Morgan fingerprint density at radius 3 is 2.38 bits per heavy atom. The van der Waals surface area contributed by atoms with Gasteiger partial charge < -0.3 is 0 Å². The maximum Gasteiger partial charge on any atom is 0.167 e. The van der Waals surface area contributed by atoms with E-state index in [1.165, 1.54) is 0 Å². The van der Waals surface area contributed by atoms with Gasteiger partial charge in [-0.3, -0.25) is 9.58 Å². The first-order chi connectivity index (χ1) is 11.5. The van der Waals surface area contributed by atoms with Crippen LogP contribution in [0.25, 0.3) is 0 Å². The van der Waals surface area contributed by atoms with Gasteiger partial charge >= 0.3 is 0 Å². The summed E-state index contributed by atoms with van der Waals surface area (Å²) < 4.78 is 1.79. The molecule has 0 fully saturated rings. The quantitative estimate of drug-likeness (QED) is 0.356. The highest BCUT2D eigenvalue weighted by molar-refractivity contribution is 6.37. The molecule has 0 saturated heterocycles. The summed E-state index contributed by atoms with van der Waals surface area (Å²) in [5, 5.41) is 8.18. The van der Waals surface area contributed by atoms with Crippen LogP contribution >= 0.6 is 34.8 Å². The van der Waals surface area contributed by atoms with E-state index in [1.54, 1.807) is 40.4 Å². The van der Waals surface area contributed by atoms with Crippen LogP contribution < -0.4 is 5.01 Å². The summed E-state index contributed by atoms with van der Waals surface area (Å²) in [6.07, 6.45) is 5.15. The first-order valence-corrected chi connectivity index (χ1v) is 8.19. The number of aromatic nitrogens is 2. The molecule has 1 heterocycles. The molecule has 0 bridgehead atoms. The van der Waals surface area contributed by atoms with E-state index in [4.69, 9.17) is 34.8 Å². The van der Waals surface area contributed by atoms with Gasteiger partial charge in [-0.15, -0.1) is 0 Å². The second-order valence-corrected chi connectivity index (χ2v) is 6.30. The molecule has 0 aliphatic carbocycles. The summed E-state index contributed by atoms with van der Waals surface area (Å²) in [6.45, 7) is 0. The monoisotopic (exact) mass is 378 g/mol. The molecule has 3 rings (SSSR count). The van der Waals surface area contributed by atoms with Crippen LogP contribution in [0, 0.1) is 0 Å². The van der Waals surface area contributed by atoms with E-state index in [9.17, 15) is 0 Å². The molecule has 0 amide bonds. The maximum absolute atomic E-state index is 6.36. The molecule has 0 aliphatic rings. The second kappa shape index (κ2) is 7.26. The van der Waals surface area contributed by atoms with Gasteiger partial charge in [0.2, 0.25) is 0 Å². The van der Waals surface area contributed by atoms with Gasteiger partial charge in [-0.25, -0.2) is 4.98 Å². The lowest BCUT2D eigenvalue weighted by atomic mass is 10.2. The minimum Gasteiger partial charge on any atom is -0.289 e. The summed E-state index contributed by atoms with van der Waals surface area (Å²) in [7, 11) is 1.85. The highest BCUT2D eigenvalue weighted by Gasteiger charge is 2.13. The van der Waals surface area contributed by atoms with E-state index in [1.807, 2.05) is 37.4 Å². The predicted octanol–water partition coefficient (Wildman–Crippen LogP) is 5.19. The molecule has 0 aliphatic heterocycles. The van der Waals surface area contributed by atoms with E-state index in [0.717, 1.165) is 11.3 Å². The van der Waals surface area contributed by atoms with Crippen molar-refractivity contribution in [1.82, 2.24) is 9.55 Å². The summed E-state index contributed by atoms with van der Waals surface area (Å²) >= 11 is 18.3. The lowest BCUT2D eigenvalue weighted by Gasteiger charge is -2.17. The van der Waals surface area contributed by atoms with Crippen molar-refractivity contribution in [2.24, 2.45) is 5.10 Å². The lowest BCUT2D eigenvalue weighted by Crippen LogP contribution is -2.19. The highest BCUT2D eigenvalue weighted by atomic mass is 35.5. The van der Waals surface area contributed by atoms with Crippen LogP contribution in [-0.4, -0.2) is 22.4 Å². The minimum absolute atomic E-state index is 0.513. The lowest BCUT2D eigenvalue weighted by molar-refractivity contribution is 0.982. The largest absolute Gasteiger partial charge is 0.289 e. The zero-order valence-corrected chi connectivity index (χ0v) is 15.0. The Morgan fingerprint density at radius 1 is 1.04 bits per heavy atom. The van der Waals surface area contributed by atoms with Crippen molar-refractivity contribution < 1.29 is 0 Å². The van der Waals surface area contributed by atoms with E-state index in [-0.39, 0.29) is 0 Å². The third-order valence-corrected chi connectivity index (χ3v) is 4.17. The number of hydrogen-bond acceptors (Lipinski definition) is 3. The Balaban J connectivity index is 2.06. The van der Waals surface area contributed by atoms with Gasteiger partial charge in [0.1, 0.15) is 6.33 Å². The predicted molar refractivity (Wildman–Crippen MR) is 100 cm³/mol. The number of nitrogens with zero attached hydrogens (tertiary/aromatic N) is 4. The molecule has 0 atom stereocenters. The molecular formula is C17H13Cl3N4. The molecule has 1 aromatic heterocycles. The normalized spacial score (nSPS) is 11.6. The molecule has 3 aromatic rings. The van der Waals surface area contributed by atoms with E-state index >= 15 is 0 Å². The molecule has 0 saturated carbocycles. The van der Waals surface area contributed by atoms with Gasteiger partial charge in [-0.1, -0.05) is 34.8 Å². The van der Waals surface area contributed by atoms with Crippen molar-refractivity contribution in [3.05, 3.63) is 81.8 Å². The zero-order valence-electron chi connectivity index (χ0n) is 12.7. The van der Waals surface area contributed by atoms with Crippen molar-refractivity contribution in [3.8, 4) is 0 Å². The summed E-state index contributed by atoms with van der Waals surface area (Å²) in [5.41, 5.74) is 1.64. The molecule has 0 unspecified atom stereocenters. The van der Waals surface area contributed by atoms with Crippen molar-refractivity contribution in [2.75, 3.05) is 12.1 Å². The van der Waals surface area contributed by atoms with Crippen LogP contribution in [0.4, 0.5) is 5.69 Å². The molecule has 0 N–H and O–H groups in total. The Hall–Kier alpha value is -2.01. The third-order valence-electron chi connectivity index (χ3n) is 3.37. The van der Waals surface area contributed by atoms with E-state index < -0.39 is 0 Å². The smallest absolute Gasteiger partial charge is 0.167 e. The Bertz CT molecular complexity index is 858. The van der Waals surface area contributed by atoms with E-state index in [0.29, 0.717) is 20.9 Å². The number of halogens is 3. The Kier molecular flexibility index (Phi) is 5.09. The van der Waals surface area contributed by atoms with Crippen LogP contribution in [-0.2, 0) is 0 Å². The van der Waals surface area contributed by atoms with Crippen molar-refractivity contribution in [2.45, 2.75) is 0 Å². The van der Waals surface area contributed by atoms with Crippen LogP contribution in [0.5, 0.6) is 0 Å². The first-order valence-electron chi connectivity index (χ1n) is 7.06. The summed E-state index contributed by atoms with van der Waals surface area (Å²) in [5.74, 6) is 0.631. The minimum atomic E-state index is 0.513. The average Bonchev–Trinajstić information content (AvgIpc) is 3.08. The second-order valence-electron chi connectivity index (χ2n) is 5.02. The van der Waals surface area contributed by atoms with Gasteiger partial charge in [0, 0.05) is 35.1 Å². The molecule has 4 nitrogen and oxygen atoms in total. The topological polar surface area (TPSA) is 33.4 Å². The SMILES string of the molecule is CN(/N=C(\c1ccc(Cl)cc1Cl)n1ccnc1)c1ccc(Cl)cc1. The van der Waals surface area contributed by atoms with Crippen LogP contribution in [0.15, 0.2) is 66.3 Å². The average molecular weight is 380 g/mol. The molecule has 7 heteroatoms. The van der Waals surface area contributed by atoms with Crippen LogP contribution in [0.2, 0.25) is 15.1 Å². The van der Waals surface area contributed by atoms with Gasteiger partial charge in [0.15, 0.2) is 5.84 Å². The molecule has 2 aromatic carbocycles. The fraction of sp³-hybridized carbons (Fsp3) is 0.0588. The molecule has 0 radical (unpaired) electrons. The maximum atomic E-state index is 6.36. The number of hydrogen-bond donors (Lipinski definition) is 0. The highest BCUT2D eigenvalue weighted by Crippen LogP contribution is 2.23. The van der Waals surface area contributed by atoms with Crippen molar-refractivity contribution >= 4 is 46.3 Å². The molecule has 122 valence electrons. The number of anilines is 1. The standard InChI is InChI=1S/C17H13Cl3N4/c1-23(14-5-2-12(18)3-6-14)22-17(24-9-8-21-11-24)15-7-4-13(19)10-16(15)20/h2-11H,1H3/b22-17+. The summed E-state index contributed by atoms with van der Waals surface area (Å²) in [6, 6.07) is 12.7. The third kappa shape index (κ3) is 3.73. The van der Waals surface area contributed by atoms with E-state index in [2.05, 4.69) is 10.1 Å². The van der Waals surface area contributed by atoms with Crippen LogP contribution in [0.1, 0.15) is 5.56 Å². The first kappa shape index (κ1) is 16.8. The van der Waals surface area contributed by atoms with Gasteiger partial charge in [0.25, 0.3) is 0 Å². The van der Waals surface area contributed by atoms with Gasteiger partial charge in [-0.05, 0) is 42.5 Å². The number of hydrazone groups is 1. The fourth-order valence-electron chi connectivity index (χ4n) is 2.16. The molecule has 0 spiro atoms. The zero-order chi connectivity index (χ0) is 17.1. The van der Waals surface area contributed by atoms with Gasteiger partial charge in [0.05, 0.1) is 10.7 Å². The van der Waals surface area contributed by atoms with Crippen LogP contribution in [0.3, 0.4) is 0 Å². The van der Waals surface area contributed by atoms with Gasteiger partial charge in [-0.2, -0.15) is 5.10 Å². The Morgan fingerprint density at radius 2 is 1.75 bits per heavy atom. The van der Waals surface area contributed by atoms with Crippen molar-refractivity contribution in [1.29, 1.82) is 0 Å². The Labute approximate surface area is 154 Å². The number of imidazole rings is 1. The number of benzene rings is 2.